The van der Waals surface area contributed by atoms with E-state index in [4.69, 9.17) is 0 Å². The van der Waals surface area contributed by atoms with Crippen LogP contribution in [0.3, 0.4) is 0 Å². The van der Waals surface area contributed by atoms with Gasteiger partial charge in [-0.2, -0.15) is 0 Å². The zero-order chi connectivity index (χ0) is 10.7. The molecular weight excluding hydrogens is 186 g/mol. The Hall–Kier alpha value is -0.0800. The standard InChI is InChI=1S/C13H25NO/c1-2-11-4-3-5-13(11)14-9-10-6-7-12(15)8-10/h10-15H,2-9H2,1H3. The van der Waals surface area contributed by atoms with Crippen molar-refractivity contribution in [3.63, 3.8) is 0 Å². The smallest absolute Gasteiger partial charge is 0.0543 e. The fourth-order valence-electron chi connectivity index (χ4n) is 3.35. The van der Waals surface area contributed by atoms with Gasteiger partial charge in [-0.15, -0.1) is 0 Å². The van der Waals surface area contributed by atoms with Crippen LogP contribution in [0.1, 0.15) is 51.9 Å². The largest absolute Gasteiger partial charge is 0.393 e. The quantitative estimate of drug-likeness (QED) is 0.748. The number of nitrogens with one attached hydrogen (secondary N) is 1. The molecule has 2 aliphatic carbocycles. The summed E-state index contributed by atoms with van der Waals surface area (Å²) in [7, 11) is 0. The van der Waals surface area contributed by atoms with Crippen molar-refractivity contribution in [1.29, 1.82) is 0 Å². The van der Waals surface area contributed by atoms with Gasteiger partial charge in [0.25, 0.3) is 0 Å². The highest BCUT2D eigenvalue weighted by Gasteiger charge is 2.28. The predicted molar refractivity (Wildman–Crippen MR) is 62.8 cm³/mol. The van der Waals surface area contributed by atoms with Crippen molar-refractivity contribution >= 4 is 0 Å². The SMILES string of the molecule is CCC1CCCC1NCC1CCC(O)C1. The maximum absolute atomic E-state index is 9.46. The van der Waals surface area contributed by atoms with Gasteiger partial charge in [0.2, 0.25) is 0 Å². The molecule has 0 aromatic carbocycles. The first-order valence-corrected chi connectivity index (χ1v) is 6.71. The first-order chi connectivity index (χ1) is 7.29. The van der Waals surface area contributed by atoms with E-state index >= 15 is 0 Å². The van der Waals surface area contributed by atoms with Crippen molar-refractivity contribution < 1.29 is 5.11 Å². The van der Waals surface area contributed by atoms with Crippen LogP contribution in [-0.2, 0) is 0 Å². The third-order valence-electron chi connectivity index (χ3n) is 4.37. The van der Waals surface area contributed by atoms with E-state index in [2.05, 4.69) is 12.2 Å². The summed E-state index contributed by atoms with van der Waals surface area (Å²) in [6, 6.07) is 0.771. The molecule has 0 bridgehead atoms. The van der Waals surface area contributed by atoms with Crippen molar-refractivity contribution in [2.24, 2.45) is 11.8 Å². The van der Waals surface area contributed by atoms with Crippen molar-refractivity contribution in [3.8, 4) is 0 Å². The second-order valence-corrected chi connectivity index (χ2v) is 5.45. The maximum atomic E-state index is 9.46. The lowest BCUT2D eigenvalue weighted by Gasteiger charge is -2.21. The van der Waals surface area contributed by atoms with Gasteiger partial charge < -0.3 is 10.4 Å². The fraction of sp³-hybridized carbons (Fsp3) is 1.00. The Kier molecular flexibility index (Phi) is 4.04. The van der Waals surface area contributed by atoms with Gasteiger partial charge in [-0.3, -0.25) is 0 Å². The van der Waals surface area contributed by atoms with Crippen LogP contribution >= 0.6 is 0 Å². The molecule has 0 spiro atoms. The Morgan fingerprint density at radius 1 is 1.20 bits per heavy atom. The van der Waals surface area contributed by atoms with Gasteiger partial charge in [-0.05, 0) is 50.5 Å². The summed E-state index contributed by atoms with van der Waals surface area (Å²) >= 11 is 0. The number of aliphatic hydroxyl groups excluding tert-OH is 1. The first-order valence-electron chi connectivity index (χ1n) is 6.71. The highest BCUT2D eigenvalue weighted by Crippen LogP contribution is 2.29. The molecule has 88 valence electrons. The molecule has 0 saturated heterocycles. The molecule has 0 amide bonds. The summed E-state index contributed by atoms with van der Waals surface area (Å²) in [6.45, 7) is 3.45. The third kappa shape index (κ3) is 2.94. The Morgan fingerprint density at radius 3 is 2.73 bits per heavy atom. The van der Waals surface area contributed by atoms with Gasteiger partial charge in [0.1, 0.15) is 0 Å². The summed E-state index contributed by atoms with van der Waals surface area (Å²) < 4.78 is 0. The number of aliphatic hydroxyl groups is 1. The van der Waals surface area contributed by atoms with E-state index in [1.165, 1.54) is 32.1 Å². The number of rotatable bonds is 4. The minimum absolute atomic E-state index is 0.0117. The van der Waals surface area contributed by atoms with E-state index in [0.29, 0.717) is 0 Å². The second-order valence-electron chi connectivity index (χ2n) is 5.45. The molecule has 2 N–H and O–H groups in total. The lowest BCUT2D eigenvalue weighted by atomic mass is 9.99. The first kappa shape index (κ1) is 11.4. The summed E-state index contributed by atoms with van der Waals surface area (Å²) in [5.74, 6) is 1.65. The van der Waals surface area contributed by atoms with Crippen LogP contribution in [0.5, 0.6) is 0 Å². The summed E-state index contributed by atoms with van der Waals surface area (Å²) in [5.41, 5.74) is 0. The number of hydrogen-bond donors (Lipinski definition) is 2. The highest BCUT2D eigenvalue weighted by molar-refractivity contribution is 4.84. The van der Waals surface area contributed by atoms with Crippen LogP contribution in [-0.4, -0.2) is 23.8 Å². The molecule has 0 aliphatic heterocycles. The lowest BCUT2D eigenvalue weighted by molar-refractivity contribution is 0.176. The average Bonchev–Trinajstić information content (AvgIpc) is 2.83. The van der Waals surface area contributed by atoms with Crippen molar-refractivity contribution in [2.75, 3.05) is 6.54 Å². The van der Waals surface area contributed by atoms with Crippen LogP contribution in [0.2, 0.25) is 0 Å². The Morgan fingerprint density at radius 2 is 2.07 bits per heavy atom. The predicted octanol–water partition coefficient (Wildman–Crippen LogP) is 2.32. The van der Waals surface area contributed by atoms with Crippen LogP contribution in [0.15, 0.2) is 0 Å². The van der Waals surface area contributed by atoms with Crippen LogP contribution < -0.4 is 5.32 Å². The molecule has 0 aromatic rings. The van der Waals surface area contributed by atoms with E-state index in [0.717, 1.165) is 37.3 Å². The molecule has 4 unspecified atom stereocenters. The zero-order valence-corrected chi connectivity index (χ0v) is 9.91. The van der Waals surface area contributed by atoms with Gasteiger partial charge in [-0.25, -0.2) is 0 Å². The summed E-state index contributed by atoms with van der Waals surface area (Å²) in [4.78, 5) is 0. The average molecular weight is 211 g/mol. The van der Waals surface area contributed by atoms with E-state index in [9.17, 15) is 5.11 Å². The minimum atomic E-state index is -0.0117. The molecule has 0 radical (unpaired) electrons. The summed E-state index contributed by atoms with van der Waals surface area (Å²) in [5, 5.41) is 13.2. The topological polar surface area (TPSA) is 32.3 Å². The monoisotopic (exact) mass is 211 g/mol. The molecular formula is C13H25NO. The summed E-state index contributed by atoms with van der Waals surface area (Å²) in [6.07, 6.45) is 8.77. The molecule has 2 heteroatoms. The van der Waals surface area contributed by atoms with Gasteiger partial charge >= 0.3 is 0 Å². The molecule has 2 rings (SSSR count). The van der Waals surface area contributed by atoms with Crippen molar-refractivity contribution in [1.82, 2.24) is 5.32 Å². The molecule has 2 aliphatic rings. The van der Waals surface area contributed by atoms with Crippen LogP contribution in [0, 0.1) is 11.8 Å². The molecule has 15 heavy (non-hydrogen) atoms. The zero-order valence-electron chi connectivity index (χ0n) is 9.91. The van der Waals surface area contributed by atoms with Crippen molar-refractivity contribution in [3.05, 3.63) is 0 Å². The molecule has 2 nitrogen and oxygen atoms in total. The Bertz CT molecular complexity index is 195. The Balaban J connectivity index is 1.68. The fourth-order valence-corrected chi connectivity index (χ4v) is 3.35. The van der Waals surface area contributed by atoms with E-state index < -0.39 is 0 Å². The molecule has 4 atom stereocenters. The molecule has 2 saturated carbocycles. The van der Waals surface area contributed by atoms with Crippen LogP contribution in [0.25, 0.3) is 0 Å². The van der Waals surface area contributed by atoms with E-state index in [1.807, 2.05) is 0 Å². The maximum Gasteiger partial charge on any atom is 0.0543 e. The highest BCUT2D eigenvalue weighted by atomic mass is 16.3. The third-order valence-corrected chi connectivity index (χ3v) is 4.37. The Labute approximate surface area is 93.5 Å². The van der Waals surface area contributed by atoms with E-state index in [1.54, 1.807) is 0 Å². The van der Waals surface area contributed by atoms with Gasteiger partial charge in [-0.1, -0.05) is 19.8 Å². The lowest BCUT2D eigenvalue weighted by Crippen LogP contribution is -2.35. The molecule has 0 heterocycles. The minimum Gasteiger partial charge on any atom is -0.393 e. The normalized spacial score (nSPS) is 41.2. The molecule has 2 fully saturated rings. The van der Waals surface area contributed by atoms with Crippen LogP contribution in [0.4, 0.5) is 0 Å². The van der Waals surface area contributed by atoms with Gasteiger partial charge in [0.05, 0.1) is 6.10 Å². The molecule has 0 aromatic heterocycles. The van der Waals surface area contributed by atoms with Gasteiger partial charge in [0.15, 0.2) is 0 Å². The van der Waals surface area contributed by atoms with Gasteiger partial charge in [0, 0.05) is 6.04 Å². The number of hydrogen-bond acceptors (Lipinski definition) is 2. The second kappa shape index (κ2) is 5.31. The van der Waals surface area contributed by atoms with Crippen molar-refractivity contribution in [2.45, 2.75) is 64.0 Å². The van der Waals surface area contributed by atoms with E-state index in [-0.39, 0.29) is 6.10 Å².